The van der Waals surface area contributed by atoms with Crippen LogP contribution in [0.4, 0.5) is 4.79 Å². The molecule has 0 fully saturated rings. The van der Waals surface area contributed by atoms with E-state index in [1.807, 2.05) is 6.07 Å². The van der Waals surface area contributed by atoms with Crippen LogP contribution in [-0.4, -0.2) is 16.4 Å². The smallest absolute Gasteiger partial charge is 0.537 e. The highest BCUT2D eigenvalue weighted by Gasteiger charge is 2.36. The minimum absolute atomic E-state index is 0.695. The highest BCUT2D eigenvalue weighted by Crippen LogP contribution is 2.25. The molecule has 5 heteroatoms. The summed E-state index contributed by atoms with van der Waals surface area (Å²) in [5.41, 5.74) is -0.0401. The molecule has 2 unspecified atom stereocenters. The zero-order valence-electron chi connectivity index (χ0n) is 11.2. The summed E-state index contributed by atoms with van der Waals surface area (Å²) in [5.74, 6) is 5.55. The molecule has 1 rings (SSSR count). The van der Waals surface area contributed by atoms with E-state index in [0.29, 0.717) is 5.56 Å². The molecular formula is C13H20N2O3. The zero-order chi connectivity index (χ0) is 14.0. The maximum Gasteiger partial charge on any atom is 0.537 e. The zero-order valence-corrected chi connectivity index (χ0v) is 11.2. The van der Waals surface area contributed by atoms with Gasteiger partial charge in [-0.3, -0.25) is 0 Å². The van der Waals surface area contributed by atoms with Crippen LogP contribution in [0.2, 0.25) is 0 Å². The number of hydrogen-bond acceptors (Lipinski definition) is 4. The SMILES string of the molecule is CC(c1ccccc1)[N+](N)([O-])C(=O)OC(C)(C)C. The second-order valence-electron chi connectivity index (χ2n) is 5.28. The van der Waals surface area contributed by atoms with E-state index >= 15 is 0 Å². The molecule has 0 heterocycles. The fraction of sp³-hybridized carbons (Fsp3) is 0.462. The number of amides is 1. The van der Waals surface area contributed by atoms with Gasteiger partial charge in [-0.15, -0.1) is 0 Å². The number of rotatable bonds is 2. The first kappa shape index (κ1) is 14.6. The van der Waals surface area contributed by atoms with E-state index in [-0.39, 0.29) is 0 Å². The van der Waals surface area contributed by atoms with Gasteiger partial charge in [0.1, 0.15) is 11.6 Å². The van der Waals surface area contributed by atoms with E-state index in [1.54, 1.807) is 52.0 Å². The van der Waals surface area contributed by atoms with Crippen LogP contribution in [0.15, 0.2) is 30.3 Å². The quantitative estimate of drug-likeness (QED) is 0.380. The maximum atomic E-state index is 12.2. The predicted octanol–water partition coefficient (Wildman–Crippen LogP) is 2.87. The lowest BCUT2D eigenvalue weighted by molar-refractivity contribution is -0.851. The van der Waals surface area contributed by atoms with Gasteiger partial charge in [-0.1, -0.05) is 30.3 Å². The normalized spacial score (nSPS) is 16.8. The first-order chi connectivity index (χ1) is 8.14. The fourth-order valence-electron chi connectivity index (χ4n) is 1.44. The summed E-state index contributed by atoms with van der Waals surface area (Å²) in [4.78, 5) is 11.8. The summed E-state index contributed by atoms with van der Waals surface area (Å²) in [5, 5.41) is 12.2. The van der Waals surface area contributed by atoms with Crippen LogP contribution in [0, 0.1) is 5.21 Å². The van der Waals surface area contributed by atoms with E-state index in [9.17, 15) is 10.0 Å². The molecule has 0 saturated heterocycles. The van der Waals surface area contributed by atoms with Crippen LogP contribution in [0.5, 0.6) is 0 Å². The van der Waals surface area contributed by atoms with Crippen molar-refractivity contribution >= 4 is 6.09 Å². The van der Waals surface area contributed by atoms with Crippen molar-refractivity contribution in [3.8, 4) is 0 Å². The molecule has 18 heavy (non-hydrogen) atoms. The van der Waals surface area contributed by atoms with Crippen molar-refractivity contribution in [1.29, 1.82) is 0 Å². The third-order valence-corrected chi connectivity index (χ3v) is 2.54. The lowest BCUT2D eigenvalue weighted by atomic mass is 10.1. The minimum atomic E-state index is -1.57. The van der Waals surface area contributed by atoms with Gasteiger partial charge in [0, 0.05) is 5.56 Å². The maximum absolute atomic E-state index is 12.2. The molecule has 0 bridgehead atoms. The van der Waals surface area contributed by atoms with Crippen molar-refractivity contribution < 1.29 is 14.3 Å². The first-order valence-electron chi connectivity index (χ1n) is 5.81. The van der Waals surface area contributed by atoms with Crippen LogP contribution in [0.25, 0.3) is 0 Å². The third kappa shape index (κ3) is 3.53. The monoisotopic (exact) mass is 252 g/mol. The van der Waals surface area contributed by atoms with Crippen LogP contribution < -0.4 is 5.84 Å². The molecule has 0 aliphatic rings. The van der Waals surface area contributed by atoms with Gasteiger partial charge in [-0.25, -0.2) is 0 Å². The van der Waals surface area contributed by atoms with E-state index in [2.05, 4.69) is 0 Å². The van der Waals surface area contributed by atoms with Crippen molar-refractivity contribution in [2.24, 2.45) is 5.84 Å². The van der Waals surface area contributed by atoms with Gasteiger partial charge in [0.2, 0.25) is 0 Å². The van der Waals surface area contributed by atoms with Crippen molar-refractivity contribution in [1.82, 2.24) is 0 Å². The van der Waals surface area contributed by atoms with Crippen LogP contribution in [0.3, 0.4) is 0 Å². The van der Waals surface area contributed by atoms with Gasteiger partial charge in [0.15, 0.2) is 0 Å². The highest BCUT2D eigenvalue weighted by atomic mass is 16.7. The second-order valence-corrected chi connectivity index (χ2v) is 5.28. The Bertz CT molecular complexity index is 410. The molecular weight excluding hydrogens is 232 g/mol. The van der Waals surface area contributed by atoms with Crippen molar-refractivity contribution in [2.45, 2.75) is 39.3 Å². The Hall–Kier alpha value is -1.43. The third-order valence-electron chi connectivity index (χ3n) is 2.54. The molecule has 2 N–H and O–H groups in total. The molecule has 2 atom stereocenters. The number of hydrogen-bond donors (Lipinski definition) is 1. The second kappa shape index (κ2) is 5.06. The van der Waals surface area contributed by atoms with E-state index in [4.69, 9.17) is 10.6 Å². The topological polar surface area (TPSA) is 75.4 Å². The molecule has 0 spiro atoms. The molecule has 0 aliphatic heterocycles. The molecule has 0 saturated carbocycles. The van der Waals surface area contributed by atoms with E-state index in [1.165, 1.54) is 0 Å². The number of benzene rings is 1. The van der Waals surface area contributed by atoms with Crippen LogP contribution in [-0.2, 0) is 4.74 Å². The number of nitrogens with two attached hydrogens (primary N) is 1. The van der Waals surface area contributed by atoms with Gasteiger partial charge in [-0.2, -0.15) is 15.4 Å². The molecule has 0 aliphatic carbocycles. The molecule has 5 nitrogen and oxygen atoms in total. The average Bonchev–Trinajstić information content (AvgIpc) is 2.27. The Morgan fingerprint density at radius 2 is 1.83 bits per heavy atom. The van der Waals surface area contributed by atoms with E-state index < -0.39 is 22.5 Å². The summed E-state index contributed by atoms with van der Waals surface area (Å²) in [6.07, 6.45) is -0.987. The van der Waals surface area contributed by atoms with Gasteiger partial charge in [0.05, 0.1) is 0 Å². The average molecular weight is 252 g/mol. The fourth-order valence-corrected chi connectivity index (χ4v) is 1.44. The Balaban J connectivity index is 2.89. The molecule has 100 valence electrons. The van der Waals surface area contributed by atoms with Gasteiger partial charge in [-0.05, 0) is 27.7 Å². The number of nitrogens with zero attached hydrogens (tertiary/aromatic N) is 1. The summed E-state index contributed by atoms with van der Waals surface area (Å²) >= 11 is 0. The predicted molar refractivity (Wildman–Crippen MR) is 68.9 cm³/mol. The lowest BCUT2D eigenvalue weighted by Crippen LogP contribution is -2.56. The minimum Gasteiger partial charge on any atom is -0.601 e. The Labute approximate surface area is 107 Å². The number of carbonyl (C=O) groups excluding carboxylic acids is 1. The Morgan fingerprint density at radius 1 is 1.33 bits per heavy atom. The summed E-state index contributed by atoms with van der Waals surface area (Å²) in [6.45, 7) is 6.68. The van der Waals surface area contributed by atoms with Crippen molar-refractivity contribution in [3.05, 3.63) is 41.1 Å². The Kier molecular flexibility index (Phi) is 4.11. The molecule has 0 aromatic heterocycles. The summed E-state index contributed by atoms with van der Waals surface area (Å²) in [7, 11) is 0. The number of carbonyl (C=O) groups is 1. The van der Waals surface area contributed by atoms with Gasteiger partial charge >= 0.3 is 6.09 Å². The number of quaternary nitrogens is 1. The number of hydroxylamine groups is 2. The van der Waals surface area contributed by atoms with E-state index in [0.717, 1.165) is 0 Å². The first-order valence-corrected chi connectivity index (χ1v) is 5.81. The van der Waals surface area contributed by atoms with Gasteiger partial charge < -0.3 is 9.94 Å². The van der Waals surface area contributed by atoms with Crippen LogP contribution >= 0.6 is 0 Å². The standard InChI is InChI=1S/C13H20N2O3/c1-10(11-8-6-5-7-9-11)15(14,17)12(16)18-13(2,3)4/h5-10H,14H2,1-4H3. The Morgan fingerprint density at radius 3 is 2.28 bits per heavy atom. The molecule has 1 amide bonds. The molecule has 1 aromatic rings. The molecule has 0 radical (unpaired) electrons. The van der Waals surface area contributed by atoms with Crippen molar-refractivity contribution in [3.63, 3.8) is 0 Å². The summed E-state index contributed by atoms with van der Waals surface area (Å²) < 4.78 is 3.47. The highest BCUT2D eigenvalue weighted by molar-refractivity contribution is 5.60. The molecule has 1 aromatic carbocycles. The summed E-state index contributed by atoms with van der Waals surface area (Å²) in [6, 6.07) is 8.21. The van der Waals surface area contributed by atoms with Crippen LogP contribution in [0.1, 0.15) is 39.3 Å². The lowest BCUT2D eigenvalue weighted by Gasteiger charge is -2.39. The number of ether oxygens (including phenoxy) is 1. The largest absolute Gasteiger partial charge is 0.601 e. The van der Waals surface area contributed by atoms with Gasteiger partial charge in [0.25, 0.3) is 0 Å². The van der Waals surface area contributed by atoms with Crippen molar-refractivity contribution in [2.75, 3.05) is 0 Å².